The zero-order valence-electron chi connectivity index (χ0n) is 27.5. The van der Waals surface area contributed by atoms with E-state index >= 15 is 0 Å². The molecule has 2 rings (SSSR count). The summed E-state index contributed by atoms with van der Waals surface area (Å²) in [6.45, 7) is 13.2. The van der Waals surface area contributed by atoms with Crippen LogP contribution in [0.15, 0.2) is 61.4 Å². The van der Waals surface area contributed by atoms with Crippen molar-refractivity contribution in [2.24, 2.45) is 21.7 Å². The molecule has 0 radical (unpaired) electrons. The number of esters is 1. The monoisotopic (exact) mass is 636 g/mol. The minimum atomic E-state index is -1.42. The molecule has 0 aliphatic carbocycles. The van der Waals surface area contributed by atoms with Crippen molar-refractivity contribution >= 4 is 35.1 Å². The second-order valence-electron chi connectivity index (χ2n) is 12.8. The number of amides is 2. The Morgan fingerprint density at radius 3 is 1.78 bits per heavy atom. The molecular weight excluding hydrogens is 592 g/mol. The topological polar surface area (TPSA) is 160 Å². The first-order valence-electron chi connectivity index (χ1n) is 14.7. The molecule has 4 N–H and O–H groups in total. The van der Waals surface area contributed by atoms with E-state index in [0.29, 0.717) is 23.5 Å². The van der Waals surface area contributed by atoms with Crippen LogP contribution in [0, 0.1) is 33.9 Å². The van der Waals surface area contributed by atoms with Gasteiger partial charge in [0.2, 0.25) is 11.8 Å². The molecule has 2 aromatic rings. The molecule has 0 saturated carbocycles. The zero-order valence-corrected chi connectivity index (χ0v) is 27.5. The van der Waals surface area contributed by atoms with Gasteiger partial charge in [0.15, 0.2) is 12.2 Å². The van der Waals surface area contributed by atoms with E-state index in [2.05, 4.69) is 29.4 Å². The van der Waals surface area contributed by atoms with Crippen molar-refractivity contribution in [1.82, 2.24) is 0 Å². The van der Waals surface area contributed by atoms with Gasteiger partial charge in [-0.25, -0.2) is 0 Å². The fourth-order valence-electron chi connectivity index (χ4n) is 5.68. The fraction of sp³-hybridized carbons (Fsp3) is 0.429. The maximum Gasteiger partial charge on any atom is 0.311 e. The molecule has 46 heavy (non-hydrogen) atoms. The number of hydrogen-bond acceptors (Lipinski definition) is 8. The number of rotatable bonds is 15. The van der Waals surface area contributed by atoms with E-state index in [0.717, 1.165) is 6.26 Å². The van der Waals surface area contributed by atoms with E-state index in [1.54, 1.807) is 57.2 Å². The Hall–Kier alpha value is -4.98. The highest BCUT2D eigenvalue weighted by atomic mass is 16.5. The molecule has 0 bridgehead atoms. The number of anilines is 2. The van der Waals surface area contributed by atoms with Gasteiger partial charge in [-0.05, 0) is 95.0 Å². The molecule has 2 aromatic carbocycles. The van der Waals surface area contributed by atoms with Crippen LogP contribution in [-0.4, -0.2) is 41.1 Å². The molecule has 11 heteroatoms. The molecule has 0 aliphatic rings. The van der Waals surface area contributed by atoms with Gasteiger partial charge in [-0.3, -0.25) is 19.2 Å². The Bertz CT molecular complexity index is 1470. The average Bonchev–Trinajstić information content (AvgIpc) is 3.00. The van der Waals surface area contributed by atoms with Crippen LogP contribution in [0.3, 0.4) is 0 Å². The third kappa shape index (κ3) is 9.76. The molecule has 3 unspecified atom stereocenters. The normalized spacial score (nSPS) is 14.8. The predicted octanol–water partition coefficient (Wildman–Crippen LogP) is 6.31. The second-order valence-corrected chi connectivity index (χ2v) is 12.8. The largest absolute Gasteiger partial charge is 0.508 e. The lowest BCUT2D eigenvalue weighted by Gasteiger charge is -2.43. The molecule has 248 valence electrons. The first kappa shape index (κ1) is 37.2. The standard InChI is InChI=1S/C35H44N2O9/c1-9-33(5,28(39)36-24-11-15-26(38)16-12-24)22-34(6,23-35(7,31(43)44-8)21-32(3,4)30(41)42)29(40)37-25-13-17-27(18-14-25)46-20-19-45-10-2/h10-18,38H,2,9,21-23H2,1,3-8H3,(H,36,39)(H,37,40)(H,41,42). The number of carbonyl (C=O) groups is 4. The lowest BCUT2D eigenvalue weighted by Crippen LogP contribution is -2.48. The van der Waals surface area contributed by atoms with E-state index in [9.17, 15) is 29.4 Å². The number of methoxy groups -OCH3 is 1. The summed E-state index contributed by atoms with van der Waals surface area (Å²) in [7, 11) is 1.21. The summed E-state index contributed by atoms with van der Waals surface area (Å²) in [6, 6.07) is 12.4. The molecule has 0 aliphatic heterocycles. The SMILES string of the molecule is C=COC#COc1ccc(NC(=O)C(C)(CC(C)(CC)C(=O)Nc2ccc(O)cc2)CC(C)(CC(C)(C)C(=O)O)C(=O)OC)cc1. The number of carboxylic acid groups (broad SMARTS) is 1. The van der Waals surface area contributed by atoms with Gasteiger partial charge in [0.1, 0.15) is 11.5 Å². The minimum absolute atomic E-state index is 0.00752. The Morgan fingerprint density at radius 1 is 0.804 bits per heavy atom. The first-order chi connectivity index (χ1) is 21.4. The summed E-state index contributed by atoms with van der Waals surface area (Å²) in [5.74, 6) is -2.20. The summed E-state index contributed by atoms with van der Waals surface area (Å²) in [5.41, 5.74) is -4.39. The van der Waals surface area contributed by atoms with Gasteiger partial charge in [-0.1, -0.05) is 27.4 Å². The van der Waals surface area contributed by atoms with Gasteiger partial charge in [0.05, 0.1) is 24.2 Å². The van der Waals surface area contributed by atoms with E-state index < -0.39 is 39.5 Å². The summed E-state index contributed by atoms with van der Waals surface area (Å²) < 4.78 is 15.1. The number of aromatic hydroxyl groups is 1. The zero-order chi connectivity index (χ0) is 34.8. The van der Waals surface area contributed by atoms with Crippen molar-refractivity contribution in [3.05, 3.63) is 61.4 Å². The smallest absolute Gasteiger partial charge is 0.311 e. The number of ether oxygens (including phenoxy) is 3. The van der Waals surface area contributed by atoms with Crippen LogP contribution in [0.2, 0.25) is 0 Å². The van der Waals surface area contributed by atoms with E-state index in [1.165, 1.54) is 33.1 Å². The number of phenols is 1. The van der Waals surface area contributed by atoms with Gasteiger partial charge >= 0.3 is 11.9 Å². The summed E-state index contributed by atoms with van der Waals surface area (Å²) >= 11 is 0. The maximum atomic E-state index is 14.2. The molecule has 3 atom stereocenters. The average molecular weight is 637 g/mol. The fourth-order valence-corrected chi connectivity index (χ4v) is 5.68. The highest BCUT2D eigenvalue weighted by molar-refractivity contribution is 5.98. The second kappa shape index (κ2) is 15.3. The van der Waals surface area contributed by atoms with Crippen LogP contribution in [0.5, 0.6) is 11.5 Å². The van der Waals surface area contributed by atoms with Crippen LogP contribution < -0.4 is 15.4 Å². The molecule has 0 spiro atoms. The van der Waals surface area contributed by atoms with Gasteiger partial charge in [0, 0.05) is 22.2 Å². The van der Waals surface area contributed by atoms with Crippen molar-refractivity contribution in [2.75, 3.05) is 17.7 Å². The van der Waals surface area contributed by atoms with E-state index in [1.807, 2.05) is 6.92 Å². The van der Waals surface area contributed by atoms with Gasteiger partial charge < -0.3 is 35.1 Å². The Morgan fingerprint density at radius 2 is 1.30 bits per heavy atom. The number of phenolic OH excluding ortho intramolecular Hbond substituents is 1. The van der Waals surface area contributed by atoms with Crippen LogP contribution >= 0.6 is 0 Å². The predicted molar refractivity (Wildman–Crippen MR) is 173 cm³/mol. The maximum absolute atomic E-state index is 14.2. The molecule has 2 amide bonds. The van der Waals surface area contributed by atoms with Crippen LogP contribution in [0.25, 0.3) is 0 Å². The number of carboxylic acids is 1. The molecule has 11 nitrogen and oxygen atoms in total. The van der Waals surface area contributed by atoms with E-state index in [4.69, 9.17) is 14.2 Å². The van der Waals surface area contributed by atoms with Gasteiger partial charge in [-0.2, -0.15) is 0 Å². The molecule has 0 saturated heterocycles. The van der Waals surface area contributed by atoms with Gasteiger partial charge in [0.25, 0.3) is 0 Å². The third-order valence-corrected chi connectivity index (χ3v) is 8.12. The Labute approximate surface area is 270 Å². The number of hydrogen-bond donors (Lipinski definition) is 4. The molecular formula is C35H44N2O9. The van der Waals surface area contributed by atoms with Crippen molar-refractivity contribution in [3.8, 4) is 23.7 Å². The number of aliphatic carboxylic acids is 1. The van der Waals surface area contributed by atoms with E-state index in [-0.39, 0.29) is 30.9 Å². The van der Waals surface area contributed by atoms with Crippen molar-refractivity contribution in [3.63, 3.8) is 0 Å². The Balaban J connectivity index is 2.53. The molecule has 0 heterocycles. The summed E-state index contributed by atoms with van der Waals surface area (Å²) in [6.07, 6.45) is 5.86. The Kier molecular flexibility index (Phi) is 12.4. The highest BCUT2D eigenvalue weighted by Gasteiger charge is 2.52. The lowest BCUT2D eigenvalue weighted by atomic mass is 9.61. The van der Waals surface area contributed by atoms with Crippen LogP contribution in [0.1, 0.15) is 67.2 Å². The highest BCUT2D eigenvalue weighted by Crippen LogP contribution is 2.49. The first-order valence-corrected chi connectivity index (χ1v) is 14.7. The van der Waals surface area contributed by atoms with Crippen molar-refractivity contribution < 1.29 is 43.6 Å². The van der Waals surface area contributed by atoms with Crippen molar-refractivity contribution in [1.29, 1.82) is 0 Å². The molecule has 0 fully saturated rings. The number of carbonyl (C=O) groups excluding carboxylic acids is 3. The third-order valence-electron chi connectivity index (χ3n) is 8.12. The number of nitrogens with one attached hydrogen (secondary N) is 2. The van der Waals surface area contributed by atoms with Crippen LogP contribution in [0.4, 0.5) is 11.4 Å². The summed E-state index contributed by atoms with van der Waals surface area (Å²) in [5, 5.41) is 25.3. The van der Waals surface area contributed by atoms with Gasteiger partial charge in [-0.15, -0.1) is 0 Å². The number of benzene rings is 2. The lowest BCUT2D eigenvalue weighted by molar-refractivity contribution is -0.161. The minimum Gasteiger partial charge on any atom is -0.508 e. The quantitative estimate of drug-likeness (QED) is 0.0760. The van der Waals surface area contributed by atoms with Crippen molar-refractivity contribution in [2.45, 2.75) is 67.2 Å². The molecule has 0 aromatic heterocycles. The van der Waals surface area contributed by atoms with Crippen LogP contribution in [-0.2, 0) is 28.7 Å². The summed E-state index contributed by atoms with van der Waals surface area (Å²) in [4.78, 5) is 53.4.